The molecule has 31 heavy (non-hydrogen) atoms. The molecule has 8 nitrogen and oxygen atoms in total. The zero-order chi connectivity index (χ0) is 21.8. The van der Waals surface area contributed by atoms with Gasteiger partial charge in [0.1, 0.15) is 17.1 Å². The van der Waals surface area contributed by atoms with Gasteiger partial charge in [0.2, 0.25) is 0 Å². The lowest BCUT2D eigenvalue weighted by Crippen LogP contribution is -2.13. The van der Waals surface area contributed by atoms with Crippen molar-refractivity contribution < 1.29 is 14.5 Å². The Morgan fingerprint density at radius 1 is 1.03 bits per heavy atom. The maximum atomic E-state index is 13.2. The molecule has 1 amide bonds. The third-order valence-electron chi connectivity index (χ3n) is 4.68. The summed E-state index contributed by atoms with van der Waals surface area (Å²) in [6.07, 6.45) is 1.61. The maximum absolute atomic E-state index is 13.2. The van der Waals surface area contributed by atoms with Crippen LogP contribution in [0.3, 0.4) is 0 Å². The number of para-hydroxylation sites is 1. The number of ether oxygens (including phenoxy) is 1. The van der Waals surface area contributed by atoms with Gasteiger partial charge < -0.3 is 10.1 Å². The van der Waals surface area contributed by atoms with Crippen molar-refractivity contribution in [2.75, 3.05) is 12.4 Å². The lowest BCUT2D eigenvalue weighted by atomic mass is 10.1. The molecule has 1 heterocycles. The summed E-state index contributed by atoms with van der Waals surface area (Å²) in [5.74, 6) is -0.180. The molecule has 1 N–H and O–H groups in total. The highest BCUT2D eigenvalue weighted by atomic mass is 16.6. The Morgan fingerprint density at radius 2 is 1.71 bits per heavy atom. The smallest absolute Gasteiger partial charge is 0.296 e. The number of hydrogen-bond donors (Lipinski definition) is 1. The number of nitrogens with one attached hydrogen (secondary N) is 1. The van der Waals surface area contributed by atoms with Crippen molar-refractivity contribution in [1.29, 1.82) is 0 Å². The molecule has 0 aliphatic rings. The third kappa shape index (κ3) is 4.13. The highest BCUT2D eigenvalue weighted by molar-refractivity contribution is 6.09. The van der Waals surface area contributed by atoms with Crippen LogP contribution < -0.4 is 10.1 Å². The number of carbonyl (C=O) groups excluding carboxylic acids is 1. The highest BCUT2D eigenvalue weighted by Crippen LogP contribution is 2.30. The molecule has 0 fully saturated rings. The van der Waals surface area contributed by atoms with Crippen molar-refractivity contribution in [2.45, 2.75) is 0 Å². The van der Waals surface area contributed by atoms with Gasteiger partial charge in [-0.25, -0.2) is 4.68 Å². The quantitative estimate of drug-likeness (QED) is 0.364. The highest BCUT2D eigenvalue weighted by Gasteiger charge is 2.22. The Labute approximate surface area is 177 Å². The van der Waals surface area contributed by atoms with Gasteiger partial charge in [0.05, 0.1) is 29.4 Å². The lowest BCUT2D eigenvalue weighted by Gasteiger charge is -2.08. The van der Waals surface area contributed by atoms with E-state index in [1.807, 2.05) is 60.7 Å². The van der Waals surface area contributed by atoms with Gasteiger partial charge >= 0.3 is 0 Å². The minimum atomic E-state index is -0.566. The van der Waals surface area contributed by atoms with Crippen LogP contribution in [0.25, 0.3) is 16.9 Å². The van der Waals surface area contributed by atoms with Crippen molar-refractivity contribution in [3.63, 3.8) is 0 Å². The van der Waals surface area contributed by atoms with Gasteiger partial charge in [0.25, 0.3) is 11.6 Å². The summed E-state index contributed by atoms with van der Waals surface area (Å²) in [6, 6.07) is 22.9. The van der Waals surface area contributed by atoms with Gasteiger partial charge in [0.15, 0.2) is 0 Å². The number of anilines is 1. The Hall–Kier alpha value is -4.46. The number of hydrogen-bond acceptors (Lipinski definition) is 5. The predicted octanol–water partition coefficient (Wildman–Crippen LogP) is 4.71. The first kappa shape index (κ1) is 19.8. The van der Waals surface area contributed by atoms with Gasteiger partial charge in [-0.2, -0.15) is 5.10 Å². The predicted molar refractivity (Wildman–Crippen MR) is 117 cm³/mol. The summed E-state index contributed by atoms with van der Waals surface area (Å²) in [4.78, 5) is 24.1. The molecule has 0 aliphatic heterocycles. The van der Waals surface area contributed by atoms with E-state index in [4.69, 9.17) is 4.74 Å². The summed E-state index contributed by atoms with van der Waals surface area (Å²) in [5.41, 5.74) is 2.12. The first-order valence-corrected chi connectivity index (χ1v) is 9.41. The third-order valence-corrected chi connectivity index (χ3v) is 4.68. The van der Waals surface area contributed by atoms with Gasteiger partial charge in [-0.1, -0.05) is 48.5 Å². The average Bonchev–Trinajstić information content (AvgIpc) is 3.26. The summed E-state index contributed by atoms with van der Waals surface area (Å²) in [6.45, 7) is 0. The van der Waals surface area contributed by atoms with Crippen LogP contribution in [-0.2, 0) is 0 Å². The molecule has 0 atom stereocenters. The largest absolute Gasteiger partial charge is 0.496 e. The van der Waals surface area contributed by atoms with E-state index in [-0.39, 0.29) is 11.4 Å². The number of aromatic nitrogens is 2. The Balaban J connectivity index is 1.76. The Morgan fingerprint density at radius 3 is 2.35 bits per heavy atom. The van der Waals surface area contributed by atoms with E-state index in [0.29, 0.717) is 17.0 Å². The SMILES string of the molecule is COc1ccc(NC(=O)c2cn(-c3ccccc3)nc2-c2ccccc2)c([N+](=O)[O-])c1. The second-order valence-electron chi connectivity index (χ2n) is 6.63. The molecule has 3 aromatic carbocycles. The summed E-state index contributed by atoms with van der Waals surface area (Å²) in [5, 5.41) is 18.7. The van der Waals surface area contributed by atoms with Crippen LogP contribution in [0.5, 0.6) is 5.75 Å². The summed E-state index contributed by atoms with van der Waals surface area (Å²) < 4.78 is 6.66. The topological polar surface area (TPSA) is 99.3 Å². The number of nitrogens with zero attached hydrogens (tertiary/aromatic N) is 3. The normalized spacial score (nSPS) is 10.5. The number of carbonyl (C=O) groups is 1. The van der Waals surface area contributed by atoms with Crippen LogP contribution in [0.2, 0.25) is 0 Å². The Kier molecular flexibility index (Phi) is 5.44. The van der Waals surface area contributed by atoms with Crippen molar-refractivity contribution >= 4 is 17.3 Å². The summed E-state index contributed by atoms with van der Waals surface area (Å²) >= 11 is 0. The fraction of sp³-hybridized carbons (Fsp3) is 0.0435. The first-order chi connectivity index (χ1) is 15.1. The molecule has 0 spiro atoms. The van der Waals surface area contributed by atoms with Gasteiger partial charge in [0, 0.05) is 11.8 Å². The van der Waals surface area contributed by atoms with Crippen molar-refractivity contribution in [2.24, 2.45) is 0 Å². The van der Waals surface area contributed by atoms with E-state index >= 15 is 0 Å². The average molecular weight is 414 g/mol. The van der Waals surface area contributed by atoms with Crippen molar-refractivity contribution in [3.05, 3.63) is 101 Å². The van der Waals surface area contributed by atoms with Crippen LogP contribution in [0.4, 0.5) is 11.4 Å². The molecule has 4 rings (SSSR count). The number of benzene rings is 3. The van der Waals surface area contributed by atoms with Gasteiger partial charge in [-0.15, -0.1) is 0 Å². The molecule has 0 bridgehead atoms. The van der Waals surface area contributed by atoms with Crippen LogP contribution >= 0.6 is 0 Å². The van der Waals surface area contributed by atoms with Gasteiger partial charge in [-0.05, 0) is 24.3 Å². The van der Waals surface area contributed by atoms with E-state index < -0.39 is 10.8 Å². The zero-order valence-corrected chi connectivity index (χ0v) is 16.6. The number of nitro groups is 1. The number of methoxy groups -OCH3 is 1. The molecule has 0 saturated heterocycles. The number of nitro benzene ring substituents is 1. The van der Waals surface area contributed by atoms with Crippen LogP contribution in [0.15, 0.2) is 85.1 Å². The van der Waals surface area contributed by atoms with Crippen molar-refractivity contribution in [3.8, 4) is 22.7 Å². The minimum Gasteiger partial charge on any atom is -0.496 e. The van der Waals surface area contributed by atoms with E-state index in [9.17, 15) is 14.9 Å². The van der Waals surface area contributed by atoms with E-state index in [1.165, 1.54) is 19.2 Å². The minimum absolute atomic E-state index is 0.0715. The molecular weight excluding hydrogens is 396 g/mol. The fourth-order valence-electron chi connectivity index (χ4n) is 3.15. The standard InChI is InChI=1S/C23H18N4O4/c1-31-18-12-13-20(21(14-18)27(29)30)24-23(28)19-15-26(17-10-6-3-7-11-17)25-22(19)16-8-4-2-5-9-16/h2-15H,1H3,(H,24,28). The summed E-state index contributed by atoms with van der Waals surface area (Å²) in [7, 11) is 1.42. The molecule has 4 aromatic rings. The molecule has 0 aliphatic carbocycles. The molecule has 154 valence electrons. The van der Waals surface area contributed by atoms with Crippen molar-refractivity contribution in [1.82, 2.24) is 9.78 Å². The Bertz CT molecular complexity index is 1240. The monoisotopic (exact) mass is 414 g/mol. The fourth-order valence-corrected chi connectivity index (χ4v) is 3.15. The molecule has 0 radical (unpaired) electrons. The van der Waals surface area contributed by atoms with Crippen LogP contribution in [-0.4, -0.2) is 27.7 Å². The zero-order valence-electron chi connectivity index (χ0n) is 16.6. The molecule has 8 heteroatoms. The van der Waals surface area contributed by atoms with E-state index in [2.05, 4.69) is 10.4 Å². The van der Waals surface area contributed by atoms with Crippen LogP contribution in [0.1, 0.15) is 10.4 Å². The lowest BCUT2D eigenvalue weighted by molar-refractivity contribution is -0.384. The molecule has 0 saturated carbocycles. The number of rotatable bonds is 6. The molecule has 0 unspecified atom stereocenters. The molecule has 1 aromatic heterocycles. The second-order valence-corrected chi connectivity index (χ2v) is 6.63. The second kappa shape index (κ2) is 8.50. The maximum Gasteiger partial charge on any atom is 0.296 e. The van der Waals surface area contributed by atoms with E-state index in [0.717, 1.165) is 11.3 Å². The first-order valence-electron chi connectivity index (χ1n) is 9.41. The van der Waals surface area contributed by atoms with E-state index in [1.54, 1.807) is 16.9 Å². The number of amides is 1. The van der Waals surface area contributed by atoms with Gasteiger partial charge in [-0.3, -0.25) is 14.9 Å². The van der Waals surface area contributed by atoms with Crippen LogP contribution in [0, 0.1) is 10.1 Å². The molecular formula is C23H18N4O4.